The lowest BCUT2D eigenvalue weighted by Gasteiger charge is -2.19. The fourth-order valence-electron chi connectivity index (χ4n) is 0.994. The van der Waals surface area contributed by atoms with Gasteiger partial charge in [-0.3, -0.25) is 0 Å². The van der Waals surface area contributed by atoms with E-state index < -0.39 is 10.0 Å². The van der Waals surface area contributed by atoms with Crippen molar-refractivity contribution in [3.05, 3.63) is 0 Å². The standard InChI is InChI=1S/C7H18N2O2S/c1-3-5-9(6-4-2)12(10,11)7-8/h3-8H2,1-2H3. The summed E-state index contributed by atoms with van der Waals surface area (Å²) in [5.74, 6) is -0.285. The Hall–Kier alpha value is -0.130. The molecule has 0 aromatic carbocycles. The minimum absolute atomic E-state index is 0.285. The maximum absolute atomic E-state index is 11.3. The molecule has 0 bridgehead atoms. The zero-order valence-electron chi connectivity index (χ0n) is 7.78. The smallest absolute Gasteiger partial charge is 0.226 e. The van der Waals surface area contributed by atoms with Crippen LogP contribution in [0.4, 0.5) is 0 Å². The largest absolute Gasteiger partial charge is 0.317 e. The third kappa shape index (κ3) is 3.51. The maximum atomic E-state index is 11.3. The molecule has 74 valence electrons. The van der Waals surface area contributed by atoms with Crippen molar-refractivity contribution in [1.29, 1.82) is 0 Å². The summed E-state index contributed by atoms with van der Waals surface area (Å²) in [6, 6.07) is 0. The van der Waals surface area contributed by atoms with Gasteiger partial charge in [0.05, 0.1) is 0 Å². The molecule has 0 saturated carbocycles. The van der Waals surface area contributed by atoms with Gasteiger partial charge in [0.25, 0.3) is 0 Å². The van der Waals surface area contributed by atoms with Gasteiger partial charge in [0.15, 0.2) is 0 Å². The third-order valence-electron chi connectivity index (χ3n) is 1.55. The first-order valence-electron chi connectivity index (χ1n) is 4.26. The van der Waals surface area contributed by atoms with Gasteiger partial charge >= 0.3 is 0 Å². The second-order valence-electron chi connectivity index (χ2n) is 2.68. The second-order valence-corrected chi connectivity index (χ2v) is 4.69. The molecule has 0 aliphatic heterocycles. The summed E-state index contributed by atoms with van der Waals surface area (Å²) in [5, 5.41) is 0. The van der Waals surface area contributed by atoms with Gasteiger partial charge in [0.2, 0.25) is 10.0 Å². The predicted molar refractivity (Wildman–Crippen MR) is 50.1 cm³/mol. The van der Waals surface area contributed by atoms with Gasteiger partial charge in [-0.2, -0.15) is 0 Å². The lowest BCUT2D eigenvalue weighted by atomic mass is 10.4. The average molecular weight is 194 g/mol. The SMILES string of the molecule is CCCN(CCC)S(=O)(=O)CN. The van der Waals surface area contributed by atoms with Crippen LogP contribution in [-0.4, -0.2) is 31.7 Å². The van der Waals surface area contributed by atoms with Crippen LogP contribution in [0.2, 0.25) is 0 Å². The lowest BCUT2D eigenvalue weighted by molar-refractivity contribution is 0.410. The van der Waals surface area contributed by atoms with Gasteiger partial charge < -0.3 is 5.73 Å². The number of sulfonamides is 1. The molecule has 12 heavy (non-hydrogen) atoms. The molecule has 0 aromatic rings. The molecule has 0 atom stereocenters. The topological polar surface area (TPSA) is 63.4 Å². The molecule has 4 nitrogen and oxygen atoms in total. The molecule has 0 spiro atoms. The molecule has 0 saturated heterocycles. The van der Waals surface area contributed by atoms with Crippen LogP contribution in [0.25, 0.3) is 0 Å². The Labute approximate surface area is 74.8 Å². The molecule has 5 heteroatoms. The molecule has 0 aromatic heterocycles. The molecule has 0 aliphatic carbocycles. The van der Waals surface area contributed by atoms with Crippen LogP contribution in [0.15, 0.2) is 0 Å². The van der Waals surface area contributed by atoms with Crippen LogP contribution in [0.5, 0.6) is 0 Å². The van der Waals surface area contributed by atoms with E-state index in [0.29, 0.717) is 13.1 Å². The number of hydrogen-bond donors (Lipinski definition) is 1. The highest BCUT2D eigenvalue weighted by atomic mass is 32.2. The van der Waals surface area contributed by atoms with Crippen LogP contribution < -0.4 is 5.73 Å². The first-order valence-corrected chi connectivity index (χ1v) is 5.87. The van der Waals surface area contributed by atoms with Crippen molar-refractivity contribution in [1.82, 2.24) is 4.31 Å². The molecule has 0 aliphatic rings. The van der Waals surface area contributed by atoms with Gasteiger partial charge in [-0.25, -0.2) is 12.7 Å². The van der Waals surface area contributed by atoms with Crippen molar-refractivity contribution in [2.75, 3.05) is 19.0 Å². The van der Waals surface area contributed by atoms with Crippen molar-refractivity contribution < 1.29 is 8.42 Å². The van der Waals surface area contributed by atoms with Crippen molar-refractivity contribution >= 4 is 10.0 Å². The van der Waals surface area contributed by atoms with Crippen LogP contribution in [0.1, 0.15) is 26.7 Å². The van der Waals surface area contributed by atoms with E-state index in [1.54, 1.807) is 0 Å². The van der Waals surface area contributed by atoms with Crippen LogP contribution in [-0.2, 0) is 10.0 Å². The predicted octanol–water partition coefficient (Wildman–Crippen LogP) is 0.354. The van der Waals surface area contributed by atoms with Gasteiger partial charge in [-0.05, 0) is 12.8 Å². The fraction of sp³-hybridized carbons (Fsp3) is 1.00. The van der Waals surface area contributed by atoms with E-state index in [9.17, 15) is 8.42 Å². The van der Waals surface area contributed by atoms with Crippen molar-refractivity contribution in [2.24, 2.45) is 5.73 Å². The van der Waals surface area contributed by atoms with Gasteiger partial charge in [-0.1, -0.05) is 13.8 Å². The average Bonchev–Trinajstić information content (AvgIpc) is 2.04. The maximum Gasteiger partial charge on any atom is 0.226 e. The highest BCUT2D eigenvalue weighted by Gasteiger charge is 2.17. The molecule has 0 fully saturated rings. The van der Waals surface area contributed by atoms with E-state index in [-0.39, 0.29) is 5.88 Å². The summed E-state index contributed by atoms with van der Waals surface area (Å²) in [6.45, 7) is 5.06. The Balaban J connectivity index is 4.28. The van der Waals surface area contributed by atoms with E-state index in [1.165, 1.54) is 4.31 Å². The molecule has 0 heterocycles. The normalized spacial score (nSPS) is 12.3. The Morgan fingerprint density at radius 2 is 1.58 bits per heavy atom. The Morgan fingerprint density at radius 1 is 1.17 bits per heavy atom. The van der Waals surface area contributed by atoms with Crippen LogP contribution in [0, 0.1) is 0 Å². The van der Waals surface area contributed by atoms with E-state index in [0.717, 1.165) is 12.8 Å². The second kappa shape index (κ2) is 5.50. The number of nitrogens with two attached hydrogens (primary N) is 1. The third-order valence-corrected chi connectivity index (χ3v) is 3.12. The van der Waals surface area contributed by atoms with Gasteiger partial charge in [0.1, 0.15) is 5.88 Å². The molecule has 2 N–H and O–H groups in total. The van der Waals surface area contributed by atoms with Crippen molar-refractivity contribution in [3.63, 3.8) is 0 Å². The van der Waals surface area contributed by atoms with E-state index in [1.807, 2.05) is 13.8 Å². The highest BCUT2D eigenvalue weighted by molar-refractivity contribution is 7.89. The highest BCUT2D eigenvalue weighted by Crippen LogP contribution is 2.01. The first kappa shape index (κ1) is 11.9. The number of nitrogens with zero attached hydrogens (tertiary/aromatic N) is 1. The minimum atomic E-state index is -3.17. The van der Waals surface area contributed by atoms with Crippen molar-refractivity contribution in [2.45, 2.75) is 26.7 Å². The Bertz CT molecular complexity index is 195. The number of hydrogen-bond acceptors (Lipinski definition) is 3. The Morgan fingerprint density at radius 3 is 1.83 bits per heavy atom. The molecule has 0 radical (unpaired) electrons. The molecule has 0 amide bonds. The summed E-state index contributed by atoms with van der Waals surface area (Å²) in [4.78, 5) is 0. The van der Waals surface area contributed by atoms with E-state index >= 15 is 0 Å². The van der Waals surface area contributed by atoms with Crippen molar-refractivity contribution in [3.8, 4) is 0 Å². The fourth-order valence-corrected chi connectivity index (χ4v) is 2.13. The zero-order chi connectivity index (χ0) is 9.61. The van der Waals surface area contributed by atoms with Gasteiger partial charge in [0, 0.05) is 13.1 Å². The summed E-state index contributed by atoms with van der Waals surface area (Å²) in [6.07, 6.45) is 1.67. The summed E-state index contributed by atoms with van der Waals surface area (Å²) in [7, 11) is -3.17. The van der Waals surface area contributed by atoms with Crippen LogP contribution in [0.3, 0.4) is 0 Å². The summed E-state index contributed by atoms with van der Waals surface area (Å²) < 4.78 is 24.0. The first-order chi connectivity index (χ1) is 5.58. The number of rotatable bonds is 6. The molecule has 0 unspecified atom stereocenters. The van der Waals surface area contributed by atoms with Crippen LogP contribution >= 0.6 is 0 Å². The zero-order valence-corrected chi connectivity index (χ0v) is 8.60. The summed E-state index contributed by atoms with van der Waals surface area (Å²) in [5.41, 5.74) is 5.14. The molecule has 0 rings (SSSR count). The Kier molecular flexibility index (Phi) is 5.44. The molecular weight excluding hydrogens is 176 g/mol. The lowest BCUT2D eigenvalue weighted by Crippen LogP contribution is -2.36. The quantitative estimate of drug-likeness (QED) is 0.664. The van der Waals surface area contributed by atoms with Gasteiger partial charge in [-0.15, -0.1) is 0 Å². The van der Waals surface area contributed by atoms with E-state index in [2.05, 4.69) is 0 Å². The minimum Gasteiger partial charge on any atom is -0.317 e. The van der Waals surface area contributed by atoms with E-state index in [4.69, 9.17) is 5.73 Å². The summed E-state index contributed by atoms with van der Waals surface area (Å²) >= 11 is 0. The monoisotopic (exact) mass is 194 g/mol. The molecular formula is C7H18N2O2S.